The fourth-order valence-corrected chi connectivity index (χ4v) is 3.07. The maximum absolute atomic E-state index is 12.3. The van der Waals surface area contributed by atoms with Crippen molar-refractivity contribution in [2.45, 2.75) is 25.4 Å². The number of fused-ring (bicyclic) bond motifs is 1. The highest BCUT2D eigenvalue weighted by Crippen LogP contribution is 2.29. The van der Waals surface area contributed by atoms with Crippen LogP contribution in [0.25, 0.3) is 0 Å². The van der Waals surface area contributed by atoms with E-state index in [9.17, 15) is 4.79 Å². The summed E-state index contributed by atoms with van der Waals surface area (Å²) in [7, 11) is 0. The standard InChI is InChI=1S/C13H15BrN2O/c14-10-2-1-9-8-16(13(17)12(9)7-10)11-3-5-15-6-4-11/h1-2,7,11,15H,3-6,8H2. The van der Waals surface area contributed by atoms with Gasteiger partial charge in [-0.15, -0.1) is 0 Å². The van der Waals surface area contributed by atoms with Crippen LogP contribution >= 0.6 is 15.9 Å². The maximum atomic E-state index is 12.3. The molecule has 0 bridgehead atoms. The molecule has 3 rings (SSSR count). The number of carbonyl (C=O) groups excluding carboxylic acids is 1. The molecule has 0 aliphatic carbocycles. The number of hydrogen-bond acceptors (Lipinski definition) is 2. The number of nitrogens with one attached hydrogen (secondary N) is 1. The van der Waals surface area contributed by atoms with Gasteiger partial charge in [0.05, 0.1) is 0 Å². The van der Waals surface area contributed by atoms with E-state index in [4.69, 9.17) is 0 Å². The molecule has 4 heteroatoms. The van der Waals surface area contributed by atoms with Gasteiger partial charge in [-0.25, -0.2) is 0 Å². The van der Waals surface area contributed by atoms with Gasteiger partial charge in [0.1, 0.15) is 0 Å². The van der Waals surface area contributed by atoms with E-state index in [1.165, 1.54) is 0 Å². The molecule has 0 spiro atoms. The van der Waals surface area contributed by atoms with Crippen LogP contribution in [0.5, 0.6) is 0 Å². The molecule has 0 unspecified atom stereocenters. The van der Waals surface area contributed by atoms with E-state index in [1.54, 1.807) is 0 Å². The molecule has 3 nitrogen and oxygen atoms in total. The predicted octanol–water partition coefficient (Wildman–Crippen LogP) is 2.16. The number of amides is 1. The maximum Gasteiger partial charge on any atom is 0.254 e. The first-order valence-electron chi connectivity index (χ1n) is 6.06. The molecule has 17 heavy (non-hydrogen) atoms. The first-order chi connectivity index (χ1) is 8.25. The highest BCUT2D eigenvalue weighted by atomic mass is 79.9. The first kappa shape index (κ1) is 11.2. The van der Waals surface area contributed by atoms with Crippen LogP contribution in [0.1, 0.15) is 28.8 Å². The van der Waals surface area contributed by atoms with Crippen molar-refractivity contribution in [3.8, 4) is 0 Å². The molecule has 90 valence electrons. The molecule has 2 heterocycles. The summed E-state index contributed by atoms with van der Waals surface area (Å²) in [4.78, 5) is 14.4. The molecule has 1 aromatic rings. The van der Waals surface area contributed by atoms with Crippen molar-refractivity contribution in [3.05, 3.63) is 33.8 Å². The summed E-state index contributed by atoms with van der Waals surface area (Å²) in [6.45, 7) is 2.83. The molecular formula is C13H15BrN2O. The van der Waals surface area contributed by atoms with Gasteiger partial charge in [-0.1, -0.05) is 22.0 Å². The number of nitrogens with zero attached hydrogens (tertiary/aromatic N) is 1. The number of piperidine rings is 1. The van der Waals surface area contributed by atoms with Gasteiger partial charge in [-0.3, -0.25) is 4.79 Å². The second-order valence-electron chi connectivity index (χ2n) is 4.72. The fraction of sp³-hybridized carbons (Fsp3) is 0.462. The highest BCUT2D eigenvalue weighted by Gasteiger charge is 2.33. The van der Waals surface area contributed by atoms with E-state index in [-0.39, 0.29) is 5.91 Å². The van der Waals surface area contributed by atoms with Crippen LogP contribution < -0.4 is 5.32 Å². The van der Waals surface area contributed by atoms with Gasteiger partial charge in [0.2, 0.25) is 0 Å². The number of halogens is 1. The van der Waals surface area contributed by atoms with Gasteiger partial charge in [0.15, 0.2) is 0 Å². The van der Waals surface area contributed by atoms with Crippen molar-refractivity contribution in [3.63, 3.8) is 0 Å². The Hall–Kier alpha value is -0.870. The molecule has 2 aliphatic rings. The van der Waals surface area contributed by atoms with Crippen LogP contribution in [-0.2, 0) is 6.54 Å². The van der Waals surface area contributed by atoms with Crippen LogP contribution in [0, 0.1) is 0 Å². The summed E-state index contributed by atoms with van der Waals surface area (Å²) in [5.74, 6) is 0.202. The van der Waals surface area contributed by atoms with Crippen LogP contribution in [0.2, 0.25) is 0 Å². The van der Waals surface area contributed by atoms with Gasteiger partial charge in [0.25, 0.3) is 5.91 Å². The summed E-state index contributed by atoms with van der Waals surface area (Å²) < 4.78 is 0.983. The van der Waals surface area contributed by atoms with E-state index in [2.05, 4.69) is 27.3 Å². The summed E-state index contributed by atoms with van der Waals surface area (Å²) in [5.41, 5.74) is 2.04. The molecule has 1 aromatic carbocycles. The topological polar surface area (TPSA) is 32.3 Å². The number of benzene rings is 1. The third-order valence-electron chi connectivity index (χ3n) is 3.65. The Morgan fingerprint density at radius 1 is 1.29 bits per heavy atom. The van der Waals surface area contributed by atoms with Crippen molar-refractivity contribution in [2.75, 3.05) is 13.1 Å². The van der Waals surface area contributed by atoms with Gasteiger partial charge < -0.3 is 10.2 Å². The lowest BCUT2D eigenvalue weighted by molar-refractivity contribution is 0.0668. The first-order valence-corrected chi connectivity index (χ1v) is 6.85. The molecular weight excluding hydrogens is 280 g/mol. The largest absolute Gasteiger partial charge is 0.331 e. The average Bonchev–Trinajstić information content (AvgIpc) is 2.68. The van der Waals surface area contributed by atoms with Gasteiger partial charge in [0, 0.05) is 22.6 Å². The van der Waals surface area contributed by atoms with E-state index in [0.717, 1.165) is 48.1 Å². The quantitative estimate of drug-likeness (QED) is 0.861. The highest BCUT2D eigenvalue weighted by molar-refractivity contribution is 9.10. The van der Waals surface area contributed by atoms with Gasteiger partial charge >= 0.3 is 0 Å². The molecule has 0 atom stereocenters. The third-order valence-corrected chi connectivity index (χ3v) is 4.15. The molecule has 2 aliphatic heterocycles. The summed E-state index contributed by atoms with van der Waals surface area (Å²) >= 11 is 3.43. The minimum atomic E-state index is 0.202. The molecule has 0 saturated carbocycles. The number of carbonyl (C=O) groups is 1. The lowest BCUT2D eigenvalue weighted by atomic mass is 10.1. The lowest BCUT2D eigenvalue weighted by Gasteiger charge is -2.31. The Morgan fingerprint density at radius 3 is 2.82 bits per heavy atom. The SMILES string of the molecule is O=C1c2cc(Br)ccc2CN1C1CCNCC1. The summed E-state index contributed by atoms with van der Waals surface area (Å²) in [5, 5.41) is 3.34. The van der Waals surface area contributed by atoms with Crippen molar-refractivity contribution < 1.29 is 4.79 Å². The Kier molecular flexibility index (Phi) is 2.92. The Bertz CT molecular complexity index is 455. The summed E-state index contributed by atoms with van der Waals surface area (Å²) in [6.07, 6.45) is 2.14. The molecule has 1 N–H and O–H groups in total. The van der Waals surface area contributed by atoms with E-state index >= 15 is 0 Å². The molecule has 1 fully saturated rings. The lowest BCUT2D eigenvalue weighted by Crippen LogP contribution is -2.43. The monoisotopic (exact) mass is 294 g/mol. The Balaban J connectivity index is 1.85. The number of rotatable bonds is 1. The van der Waals surface area contributed by atoms with Crippen LogP contribution in [0.3, 0.4) is 0 Å². The van der Waals surface area contributed by atoms with Crippen LogP contribution in [-0.4, -0.2) is 29.9 Å². The normalized spacial score (nSPS) is 20.8. The van der Waals surface area contributed by atoms with Crippen LogP contribution in [0.4, 0.5) is 0 Å². The third kappa shape index (κ3) is 2.00. The molecule has 0 radical (unpaired) electrons. The van der Waals surface area contributed by atoms with Crippen molar-refractivity contribution >= 4 is 21.8 Å². The van der Waals surface area contributed by atoms with Crippen molar-refractivity contribution in [1.29, 1.82) is 0 Å². The minimum absolute atomic E-state index is 0.202. The summed E-state index contributed by atoms with van der Waals surface area (Å²) in [6, 6.07) is 6.42. The average molecular weight is 295 g/mol. The van der Waals surface area contributed by atoms with Crippen LogP contribution in [0.15, 0.2) is 22.7 Å². The Labute approximate surface area is 109 Å². The zero-order valence-electron chi connectivity index (χ0n) is 9.58. The fourth-order valence-electron chi connectivity index (χ4n) is 2.71. The van der Waals surface area contributed by atoms with E-state index in [1.807, 2.05) is 17.0 Å². The minimum Gasteiger partial charge on any atom is -0.331 e. The molecule has 1 saturated heterocycles. The van der Waals surface area contributed by atoms with Gasteiger partial charge in [-0.2, -0.15) is 0 Å². The second kappa shape index (κ2) is 4.42. The molecule has 1 amide bonds. The zero-order valence-corrected chi connectivity index (χ0v) is 11.2. The zero-order chi connectivity index (χ0) is 11.8. The van der Waals surface area contributed by atoms with E-state index in [0.29, 0.717) is 6.04 Å². The van der Waals surface area contributed by atoms with E-state index < -0.39 is 0 Å². The number of hydrogen-bond donors (Lipinski definition) is 1. The Morgan fingerprint density at radius 2 is 2.06 bits per heavy atom. The van der Waals surface area contributed by atoms with Crippen molar-refractivity contribution in [2.24, 2.45) is 0 Å². The van der Waals surface area contributed by atoms with Gasteiger partial charge in [-0.05, 0) is 43.6 Å². The molecule has 0 aromatic heterocycles. The van der Waals surface area contributed by atoms with Crippen molar-refractivity contribution in [1.82, 2.24) is 10.2 Å². The smallest absolute Gasteiger partial charge is 0.254 e. The second-order valence-corrected chi connectivity index (χ2v) is 5.63. The predicted molar refractivity (Wildman–Crippen MR) is 69.9 cm³/mol.